The van der Waals surface area contributed by atoms with Crippen molar-refractivity contribution in [1.29, 1.82) is 0 Å². The molecular formula is C16H10BrFN2O2S. The molecule has 0 aliphatic rings. The average molecular weight is 393 g/mol. The molecule has 0 spiro atoms. The molecule has 0 aliphatic heterocycles. The Labute approximate surface area is 144 Å². The lowest BCUT2D eigenvalue weighted by atomic mass is 10.1. The third kappa shape index (κ3) is 3.86. The smallest absolute Gasteiger partial charge is 0.277 e. The minimum atomic E-state index is -0.435. The van der Waals surface area contributed by atoms with Crippen molar-refractivity contribution in [3.05, 3.63) is 64.4 Å². The van der Waals surface area contributed by atoms with Crippen molar-refractivity contribution in [2.75, 3.05) is 5.75 Å². The first-order valence-electron chi connectivity index (χ1n) is 6.63. The summed E-state index contributed by atoms with van der Waals surface area (Å²) in [5.41, 5.74) is 1.10. The van der Waals surface area contributed by atoms with E-state index in [1.807, 2.05) is 24.3 Å². The van der Waals surface area contributed by atoms with Crippen LogP contribution in [0, 0.1) is 5.82 Å². The number of hydrogen-bond donors (Lipinski definition) is 0. The van der Waals surface area contributed by atoms with E-state index in [1.165, 1.54) is 18.2 Å². The topological polar surface area (TPSA) is 56.0 Å². The fourth-order valence-corrected chi connectivity index (χ4v) is 3.00. The molecule has 0 aliphatic carbocycles. The third-order valence-corrected chi connectivity index (χ3v) is 4.49. The Hall–Kier alpha value is -1.99. The lowest BCUT2D eigenvalue weighted by molar-refractivity contribution is 0.102. The Morgan fingerprint density at radius 1 is 1.17 bits per heavy atom. The predicted octanol–water partition coefficient (Wildman–Crippen LogP) is 4.61. The molecule has 0 bridgehead atoms. The summed E-state index contributed by atoms with van der Waals surface area (Å²) in [5.74, 6) is -0.163. The van der Waals surface area contributed by atoms with Crippen LogP contribution in [0.5, 0.6) is 0 Å². The van der Waals surface area contributed by atoms with Crippen LogP contribution in [-0.2, 0) is 0 Å². The van der Waals surface area contributed by atoms with Crippen LogP contribution < -0.4 is 0 Å². The lowest BCUT2D eigenvalue weighted by Gasteiger charge is -1.99. The number of hydrogen-bond acceptors (Lipinski definition) is 5. The SMILES string of the molecule is O=C(CSc1nnc(-c2ccccc2Br)o1)c1cccc(F)c1. The maximum Gasteiger partial charge on any atom is 0.277 e. The standard InChI is InChI=1S/C16H10BrFN2O2S/c17-13-7-2-1-6-12(13)15-19-20-16(22-15)23-9-14(21)10-4-3-5-11(18)8-10/h1-8H,9H2. The maximum absolute atomic E-state index is 13.1. The van der Waals surface area contributed by atoms with Crippen molar-refractivity contribution in [2.45, 2.75) is 5.22 Å². The molecule has 116 valence electrons. The normalized spacial score (nSPS) is 10.7. The number of ketones is 1. The van der Waals surface area contributed by atoms with Gasteiger partial charge in [0, 0.05) is 10.0 Å². The third-order valence-electron chi connectivity index (χ3n) is 2.98. The first kappa shape index (κ1) is 15.9. The van der Waals surface area contributed by atoms with Gasteiger partial charge in [-0.1, -0.05) is 36.0 Å². The number of carbonyl (C=O) groups excluding carboxylic acids is 1. The first-order valence-corrected chi connectivity index (χ1v) is 8.41. The molecule has 0 N–H and O–H groups in total. The van der Waals surface area contributed by atoms with E-state index in [2.05, 4.69) is 26.1 Å². The maximum atomic E-state index is 13.1. The van der Waals surface area contributed by atoms with Crippen LogP contribution in [0.3, 0.4) is 0 Å². The summed E-state index contributed by atoms with van der Waals surface area (Å²) in [6.07, 6.45) is 0. The summed E-state index contributed by atoms with van der Waals surface area (Å²) in [5, 5.41) is 8.18. The number of Topliss-reactive ketones (excluding diaryl/α,β-unsaturated/α-hetero) is 1. The van der Waals surface area contributed by atoms with Gasteiger partial charge in [0.15, 0.2) is 5.78 Å². The monoisotopic (exact) mass is 392 g/mol. The zero-order valence-corrected chi connectivity index (χ0v) is 14.1. The Kier molecular flexibility index (Phi) is 4.88. The van der Waals surface area contributed by atoms with Gasteiger partial charge in [-0.05, 0) is 40.2 Å². The second-order valence-corrected chi connectivity index (χ2v) is 6.36. The van der Waals surface area contributed by atoms with Crippen LogP contribution in [0.25, 0.3) is 11.5 Å². The van der Waals surface area contributed by atoms with Gasteiger partial charge >= 0.3 is 0 Å². The van der Waals surface area contributed by atoms with Crippen LogP contribution in [0.1, 0.15) is 10.4 Å². The molecule has 1 heterocycles. The molecule has 0 atom stereocenters. The van der Waals surface area contributed by atoms with Gasteiger partial charge in [0.25, 0.3) is 5.22 Å². The molecule has 0 fully saturated rings. The van der Waals surface area contributed by atoms with Crippen molar-refractivity contribution in [2.24, 2.45) is 0 Å². The summed E-state index contributed by atoms with van der Waals surface area (Å²) in [6, 6.07) is 13.1. The van der Waals surface area contributed by atoms with E-state index in [-0.39, 0.29) is 11.5 Å². The largest absolute Gasteiger partial charge is 0.411 e. The highest BCUT2D eigenvalue weighted by Gasteiger charge is 2.14. The van der Waals surface area contributed by atoms with E-state index < -0.39 is 5.82 Å². The Morgan fingerprint density at radius 2 is 2.00 bits per heavy atom. The number of carbonyl (C=O) groups is 1. The minimum Gasteiger partial charge on any atom is -0.411 e. The van der Waals surface area contributed by atoms with Gasteiger partial charge in [-0.25, -0.2) is 4.39 Å². The average Bonchev–Trinajstić information content (AvgIpc) is 3.02. The van der Waals surface area contributed by atoms with E-state index >= 15 is 0 Å². The van der Waals surface area contributed by atoms with E-state index in [4.69, 9.17) is 4.42 Å². The second-order valence-electron chi connectivity index (χ2n) is 4.58. The summed E-state index contributed by atoms with van der Waals surface area (Å²) < 4.78 is 19.5. The lowest BCUT2D eigenvalue weighted by Crippen LogP contribution is -2.02. The van der Waals surface area contributed by atoms with Gasteiger partial charge < -0.3 is 4.42 Å². The Bertz CT molecular complexity index is 853. The number of aromatic nitrogens is 2. The van der Waals surface area contributed by atoms with Gasteiger partial charge in [0.2, 0.25) is 5.89 Å². The molecule has 0 unspecified atom stereocenters. The van der Waals surface area contributed by atoms with Gasteiger partial charge in [0.05, 0.1) is 11.3 Å². The van der Waals surface area contributed by atoms with E-state index in [1.54, 1.807) is 6.07 Å². The van der Waals surface area contributed by atoms with Crippen LogP contribution in [0.4, 0.5) is 4.39 Å². The van der Waals surface area contributed by atoms with Crippen LogP contribution in [0.15, 0.2) is 62.6 Å². The van der Waals surface area contributed by atoms with Crippen molar-refractivity contribution < 1.29 is 13.6 Å². The van der Waals surface area contributed by atoms with Crippen LogP contribution in [0.2, 0.25) is 0 Å². The van der Waals surface area contributed by atoms with Gasteiger partial charge in [-0.15, -0.1) is 10.2 Å². The molecule has 0 saturated carbocycles. The molecule has 2 aromatic carbocycles. The van der Waals surface area contributed by atoms with E-state index in [0.29, 0.717) is 16.7 Å². The van der Waals surface area contributed by atoms with Crippen molar-refractivity contribution in [3.8, 4) is 11.5 Å². The van der Waals surface area contributed by atoms with Crippen LogP contribution in [-0.4, -0.2) is 21.7 Å². The summed E-state index contributed by atoms with van der Waals surface area (Å²) >= 11 is 4.54. The summed E-state index contributed by atoms with van der Waals surface area (Å²) in [6.45, 7) is 0. The summed E-state index contributed by atoms with van der Waals surface area (Å²) in [4.78, 5) is 12.0. The molecule has 0 radical (unpaired) electrons. The minimum absolute atomic E-state index is 0.0983. The van der Waals surface area contributed by atoms with Crippen molar-refractivity contribution in [3.63, 3.8) is 0 Å². The second kappa shape index (κ2) is 7.06. The van der Waals surface area contributed by atoms with Crippen LogP contribution >= 0.6 is 27.7 Å². The molecule has 0 amide bonds. The Balaban J connectivity index is 1.68. The molecule has 3 aromatic rings. The predicted molar refractivity (Wildman–Crippen MR) is 88.9 cm³/mol. The quantitative estimate of drug-likeness (QED) is 0.468. The van der Waals surface area contributed by atoms with Crippen molar-refractivity contribution in [1.82, 2.24) is 10.2 Å². The molecule has 3 rings (SSSR count). The molecule has 4 nitrogen and oxygen atoms in total. The fraction of sp³-hybridized carbons (Fsp3) is 0.0625. The molecular weight excluding hydrogens is 383 g/mol. The number of thioether (sulfide) groups is 1. The number of benzene rings is 2. The molecule has 23 heavy (non-hydrogen) atoms. The van der Waals surface area contributed by atoms with Crippen molar-refractivity contribution >= 4 is 33.5 Å². The first-order chi connectivity index (χ1) is 11.1. The fourth-order valence-electron chi connectivity index (χ4n) is 1.88. The van der Waals surface area contributed by atoms with Gasteiger partial charge in [-0.2, -0.15) is 0 Å². The zero-order valence-electron chi connectivity index (χ0n) is 11.7. The molecule has 1 aromatic heterocycles. The number of nitrogens with zero attached hydrogens (tertiary/aromatic N) is 2. The highest BCUT2D eigenvalue weighted by molar-refractivity contribution is 9.10. The zero-order chi connectivity index (χ0) is 16.2. The van der Waals surface area contributed by atoms with E-state index in [0.717, 1.165) is 21.8 Å². The highest BCUT2D eigenvalue weighted by atomic mass is 79.9. The highest BCUT2D eigenvalue weighted by Crippen LogP contribution is 2.29. The van der Waals surface area contributed by atoms with E-state index in [9.17, 15) is 9.18 Å². The molecule has 7 heteroatoms. The van der Waals surface area contributed by atoms with Gasteiger partial charge in [0.1, 0.15) is 5.82 Å². The summed E-state index contributed by atoms with van der Waals surface area (Å²) in [7, 11) is 0. The Morgan fingerprint density at radius 3 is 2.78 bits per heavy atom. The molecule has 0 saturated heterocycles. The number of halogens is 2. The number of rotatable bonds is 5. The van der Waals surface area contributed by atoms with Gasteiger partial charge in [-0.3, -0.25) is 4.79 Å².